The van der Waals surface area contributed by atoms with Crippen LogP contribution in [0.15, 0.2) is 34.9 Å². The van der Waals surface area contributed by atoms with E-state index in [4.69, 9.17) is 4.52 Å². The number of carbonyl (C=O) groups is 1. The Morgan fingerprint density at radius 2 is 2.05 bits per heavy atom. The highest BCUT2D eigenvalue weighted by Crippen LogP contribution is 2.20. The van der Waals surface area contributed by atoms with Crippen LogP contribution in [0.25, 0.3) is 11.5 Å². The van der Waals surface area contributed by atoms with Crippen LogP contribution in [0.1, 0.15) is 6.92 Å². The number of nitrogens with zero attached hydrogens (tertiary/aromatic N) is 4. The van der Waals surface area contributed by atoms with E-state index in [1.54, 1.807) is 4.90 Å². The third-order valence-corrected chi connectivity index (χ3v) is 3.67. The van der Waals surface area contributed by atoms with Gasteiger partial charge in [0.1, 0.15) is 0 Å². The average molecular weight is 302 g/mol. The first-order chi connectivity index (χ1) is 10.6. The molecule has 0 radical (unpaired) electrons. The standard InChI is InChI=1S/C15H18N4O3/c1-11(20)18-7-8-19(10-13(21)9-18)15-16-14(22-17-15)12-5-3-2-4-6-12/h2-6,13,21H,7-10H2,1H3/t13-/m0/s1. The minimum absolute atomic E-state index is 0.0426. The Balaban J connectivity index is 1.77. The molecule has 2 aromatic rings. The van der Waals surface area contributed by atoms with Gasteiger partial charge in [0.15, 0.2) is 0 Å². The number of aliphatic hydroxyl groups is 1. The van der Waals surface area contributed by atoms with Gasteiger partial charge in [-0.15, -0.1) is 0 Å². The zero-order valence-electron chi connectivity index (χ0n) is 12.3. The second-order valence-corrected chi connectivity index (χ2v) is 5.33. The fourth-order valence-corrected chi connectivity index (χ4v) is 2.50. The Morgan fingerprint density at radius 1 is 1.27 bits per heavy atom. The van der Waals surface area contributed by atoms with E-state index in [1.807, 2.05) is 35.2 Å². The molecule has 7 nitrogen and oxygen atoms in total. The summed E-state index contributed by atoms with van der Waals surface area (Å²) in [7, 11) is 0. The lowest BCUT2D eigenvalue weighted by atomic mass is 10.2. The number of carbonyl (C=O) groups excluding carboxylic acids is 1. The number of hydrogen-bond donors (Lipinski definition) is 1. The summed E-state index contributed by atoms with van der Waals surface area (Å²) < 4.78 is 5.29. The topological polar surface area (TPSA) is 82.7 Å². The van der Waals surface area contributed by atoms with Crippen LogP contribution in [0.5, 0.6) is 0 Å². The molecule has 0 bridgehead atoms. The number of aliphatic hydroxyl groups excluding tert-OH is 1. The van der Waals surface area contributed by atoms with E-state index < -0.39 is 6.10 Å². The van der Waals surface area contributed by atoms with Crippen LogP contribution in [-0.2, 0) is 4.79 Å². The van der Waals surface area contributed by atoms with Gasteiger partial charge >= 0.3 is 0 Å². The highest BCUT2D eigenvalue weighted by molar-refractivity contribution is 5.73. The maximum absolute atomic E-state index is 11.5. The Bertz CT molecular complexity index is 643. The lowest BCUT2D eigenvalue weighted by Crippen LogP contribution is -2.36. The minimum atomic E-state index is -0.634. The minimum Gasteiger partial charge on any atom is -0.389 e. The van der Waals surface area contributed by atoms with Gasteiger partial charge in [-0.05, 0) is 17.3 Å². The predicted molar refractivity (Wildman–Crippen MR) is 80.2 cm³/mol. The number of aromatic nitrogens is 2. The second kappa shape index (κ2) is 6.15. The summed E-state index contributed by atoms with van der Waals surface area (Å²) in [5.41, 5.74) is 0.849. The van der Waals surface area contributed by atoms with Gasteiger partial charge in [0.25, 0.3) is 11.8 Å². The van der Waals surface area contributed by atoms with Gasteiger partial charge in [-0.25, -0.2) is 0 Å². The van der Waals surface area contributed by atoms with Gasteiger partial charge in [0.2, 0.25) is 5.91 Å². The molecule has 1 aromatic carbocycles. The van der Waals surface area contributed by atoms with Crippen molar-refractivity contribution in [3.05, 3.63) is 30.3 Å². The molecule has 3 rings (SSSR count). The SMILES string of the molecule is CC(=O)N1CCN(c2noc(-c3ccccc3)n2)C[C@@H](O)C1. The molecule has 1 aliphatic rings. The van der Waals surface area contributed by atoms with Crippen LogP contribution < -0.4 is 4.90 Å². The fraction of sp³-hybridized carbons (Fsp3) is 0.400. The molecule has 22 heavy (non-hydrogen) atoms. The predicted octanol–water partition coefficient (Wildman–Crippen LogP) is 0.766. The smallest absolute Gasteiger partial charge is 0.266 e. The van der Waals surface area contributed by atoms with E-state index in [2.05, 4.69) is 10.1 Å². The number of rotatable bonds is 2. The van der Waals surface area contributed by atoms with E-state index >= 15 is 0 Å². The first-order valence-corrected chi connectivity index (χ1v) is 7.21. The van der Waals surface area contributed by atoms with Crippen molar-refractivity contribution in [2.75, 3.05) is 31.1 Å². The van der Waals surface area contributed by atoms with Gasteiger partial charge < -0.3 is 19.4 Å². The second-order valence-electron chi connectivity index (χ2n) is 5.33. The summed E-state index contributed by atoms with van der Waals surface area (Å²) in [6, 6.07) is 9.51. The molecule has 1 aromatic heterocycles. The highest BCUT2D eigenvalue weighted by Gasteiger charge is 2.25. The van der Waals surface area contributed by atoms with Gasteiger partial charge in [0, 0.05) is 38.7 Å². The van der Waals surface area contributed by atoms with Crippen molar-refractivity contribution in [3.63, 3.8) is 0 Å². The van der Waals surface area contributed by atoms with Gasteiger partial charge in [-0.1, -0.05) is 18.2 Å². The molecule has 7 heteroatoms. The van der Waals surface area contributed by atoms with E-state index in [0.717, 1.165) is 5.56 Å². The van der Waals surface area contributed by atoms with Gasteiger partial charge in [-0.3, -0.25) is 4.79 Å². The summed E-state index contributed by atoms with van der Waals surface area (Å²) in [6.45, 7) is 3.29. The molecule has 1 fully saturated rings. The van der Waals surface area contributed by atoms with Crippen molar-refractivity contribution < 1.29 is 14.4 Å². The normalized spacial score (nSPS) is 19.1. The number of β-amino-alcohol motifs (C(OH)–C–C–N with tert-alkyl or cyclic N) is 1. The molecule has 1 aliphatic heterocycles. The molecule has 116 valence electrons. The van der Waals surface area contributed by atoms with Crippen molar-refractivity contribution in [1.82, 2.24) is 15.0 Å². The van der Waals surface area contributed by atoms with Gasteiger partial charge in [-0.2, -0.15) is 4.98 Å². The maximum atomic E-state index is 11.5. The molecule has 1 amide bonds. The molecule has 0 spiro atoms. The molecule has 1 saturated heterocycles. The fourth-order valence-electron chi connectivity index (χ4n) is 2.50. The molecule has 0 aliphatic carbocycles. The Kier molecular flexibility index (Phi) is 4.06. The summed E-state index contributed by atoms with van der Waals surface area (Å²) in [5.74, 6) is 0.833. The quantitative estimate of drug-likeness (QED) is 0.882. The molecular weight excluding hydrogens is 284 g/mol. The molecular formula is C15H18N4O3. The molecule has 1 N–H and O–H groups in total. The van der Waals surface area contributed by atoms with Crippen LogP contribution in [0, 0.1) is 0 Å². The zero-order valence-corrected chi connectivity index (χ0v) is 12.3. The summed E-state index contributed by atoms with van der Waals surface area (Å²) >= 11 is 0. The zero-order chi connectivity index (χ0) is 15.5. The Hall–Kier alpha value is -2.41. The first kappa shape index (κ1) is 14.5. The monoisotopic (exact) mass is 302 g/mol. The maximum Gasteiger partial charge on any atom is 0.266 e. The van der Waals surface area contributed by atoms with Gasteiger partial charge in [0.05, 0.1) is 6.10 Å². The Morgan fingerprint density at radius 3 is 2.77 bits per heavy atom. The number of benzene rings is 1. The van der Waals surface area contributed by atoms with Crippen molar-refractivity contribution in [1.29, 1.82) is 0 Å². The van der Waals surface area contributed by atoms with E-state index in [9.17, 15) is 9.90 Å². The number of hydrogen-bond acceptors (Lipinski definition) is 6. The van der Waals surface area contributed by atoms with Crippen LogP contribution >= 0.6 is 0 Å². The number of anilines is 1. The van der Waals surface area contributed by atoms with E-state index in [1.165, 1.54) is 6.92 Å². The largest absolute Gasteiger partial charge is 0.389 e. The lowest BCUT2D eigenvalue weighted by molar-refractivity contribution is -0.129. The van der Waals surface area contributed by atoms with E-state index in [0.29, 0.717) is 38.0 Å². The lowest BCUT2D eigenvalue weighted by Gasteiger charge is -2.19. The molecule has 0 saturated carbocycles. The Labute approximate surface area is 128 Å². The van der Waals surface area contributed by atoms with Crippen LogP contribution in [0.3, 0.4) is 0 Å². The molecule has 0 unspecified atom stereocenters. The van der Waals surface area contributed by atoms with Crippen molar-refractivity contribution in [2.45, 2.75) is 13.0 Å². The first-order valence-electron chi connectivity index (χ1n) is 7.21. The number of amides is 1. The molecule has 2 heterocycles. The summed E-state index contributed by atoms with van der Waals surface area (Å²) in [6.07, 6.45) is -0.634. The average Bonchev–Trinajstić information content (AvgIpc) is 2.92. The van der Waals surface area contributed by atoms with Crippen molar-refractivity contribution >= 4 is 11.9 Å². The van der Waals surface area contributed by atoms with E-state index in [-0.39, 0.29) is 5.91 Å². The summed E-state index contributed by atoms with van der Waals surface area (Å²) in [5, 5.41) is 14.0. The van der Waals surface area contributed by atoms with Crippen LogP contribution in [0.2, 0.25) is 0 Å². The molecule has 1 atom stereocenters. The highest BCUT2D eigenvalue weighted by atomic mass is 16.5. The van der Waals surface area contributed by atoms with Crippen molar-refractivity contribution in [2.24, 2.45) is 0 Å². The van der Waals surface area contributed by atoms with Crippen LogP contribution in [-0.4, -0.2) is 58.3 Å². The van der Waals surface area contributed by atoms with Crippen LogP contribution in [0.4, 0.5) is 5.95 Å². The van der Waals surface area contributed by atoms with Crippen molar-refractivity contribution in [3.8, 4) is 11.5 Å². The third-order valence-electron chi connectivity index (χ3n) is 3.67. The summed E-state index contributed by atoms with van der Waals surface area (Å²) in [4.78, 5) is 19.3. The third kappa shape index (κ3) is 3.09.